The third-order valence-corrected chi connectivity index (χ3v) is 3.97. The summed E-state index contributed by atoms with van der Waals surface area (Å²) in [6.07, 6.45) is 5.55. The lowest BCUT2D eigenvalue weighted by Crippen LogP contribution is -2.37. The first-order chi connectivity index (χ1) is 7.75. The maximum Gasteiger partial charge on any atom is 0.0223 e. The highest BCUT2D eigenvalue weighted by Crippen LogP contribution is 2.21. The smallest absolute Gasteiger partial charge is 0.0223 e. The van der Waals surface area contributed by atoms with Crippen LogP contribution in [0.1, 0.15) is 25.7 Å². The van der Waals surface area contributed by atoms with E-state index in [9.17, 15) is 0 Å². The van der Waals surface area contributed by atoms with Crippen LogP contribution in [0.25, 0.3) is 0 Å². The summed E-state index contributed by atoms with van der Waals surface area (Å²) in [5, 5.41) is 0. The molecule has 3 nitrogen and oxygen atoms in total. The molecule has 0 aliphatic carbocycles. The van der Waals surface area contributed by atoms with Gasteiger partial charge in [-0.25, -0.2) is 0 Å². The lowest BCUT2D eigenvalue weighted by Gasteiger charge is -2.25. The SMILES string of the molecule is CN(C)CCCN1CCCN2CCCC2C1. The summed E-state index contributed by atoms with van der Waals surface area (Å²) in [6.45, 7) is 7.87. The summed E-state index contributed by atoms with van der Waals surface area (Å²) >= 11 is 0. The van der Waals surface area contributed by atoms with Gasteiger partial charge in [-0.15, -0.1) is 0 Å². The molecule has 1 unspecified atom stereocenters. The van der Waals surface area contributed by atoms with Gasteiger partial charge in [0.1, 0.15) is 0 Å². The zero-order chi connectivity index (χ0) is 11.4. The lowest BCUT2D eigenvalue weighted by molar-refractivity contribution is 0.213. The Labute approximate surface area is 100 Å². The van der Waals surface area contributed by atoms with E-state index in [0.717, 1.165) is 6.04 Å². The van der Waals surface area contributed by atoms with Crippen molar-refractivity contribution in [2.75, 3.05) is 53.4 Å². The van der Waals surface area contributed by atoms with Crippen LogP contribution in [0.15, 0.2) is 0 Å². The average Bonchev–Trinajstić information content (AvgIpc) is 2.57. The summed E-state index contributed by atoms with van der Waals surface area (Å²) in [6, 6.07) is 0.877. The van der Waals surface area contributed by atoms with Gasteiger partial charge in [0, 0.05) is 12.6 Å². The Balaban J connectivity index is 1.73. The Morgan fingerprint density at radius 1 is 1.12 bits per heavy atom. The van der Waals surface area contributed by atoms with Gasteiger partial charge in [0.2, 0.25) is 0 Å². The highest BCUT2D eigenvalue weighted by Gasteiger charge is 2.28. The fraction of sp³-hybridized carbons (Fsp3) is 1.00. The highest BCUT2D eigenvalue weighted by atomic mass is 15.3. The molecule has 0 bridgehead atoms. The lowest BCUT2D eigenvalue weighted by atomic mass is 10.2. The van der Waals surface area contributed by atoms with Crippen molar-refractivity contribution in [3.8, 4) is 0 Å². The minimum Gasteiger partial charge on any atom is -0.309 e. The van der Waals surface area contributed by atoms with Gasteiger partial charge < -0.3 is 9.80 Å². The van der Waals surface area contributed by atoms with E-state index in [-0.39, 0.29) is 0 Å². The van der Waals surface area contributed by atoms with Crippen molar-refractivity contribution in [1.29, 1.82) is 0 Å². The van der Waals surface area contributed by atoms with Crippen LogP contribution in [-0.4, -0.2) is 74.1 Å². The molecule has 2 heterocycles. The van der Waals surface area contributed by atoms with Gasteiger partial charge in [-0.1, -0.05) is 0 Å². The van der Waals surface area contributed by atoms with Crippen LogP contribution in [0.3, 0.4) is 0 Å². The molecule has 0 aromatic carbocycles. The second-order valence-electron chi connectivity index (χ2n) is 5.64. The molecule has 2 saturated heterocycles. The Morgan fingerprint density at radius 2 is 1.94 bits per heavy atom. The predicted octanol–water partition coefficient (Wildman–Crippen LogP) is 1.11. The van der Waals surface area contributed by atoms with Crippen molar-refractivity contribution in [2.45, 2.75) is 31.7 Å². The number of rotatable bonds is 4. The minimum absolute atomic E-state index is 0.877. The van der Waals surface area contributed by atoms with Gasteiger partial charge in [0.05, 0.1) is 0 Å². The van der Waals surface area contributed by atoms with Crippen LogP contribution in [0.5, 0.6) is 0 Å². The van der Waals surface area contributed by atoms with E-state index in [0.29, 0.717) is 0 Å². The van der Waals surface area contributed by atoms with Crippen LogP contribution in [0.2, 0.25) is 0 Å². The van der Waals surface area contributed by atoms with Crippen molar-refractivity contribution in [3.05, 3.63) is 0 Å². The van der Waals surface area contributed by atoms with Crippen molar-refractivity contribution in [1.82, 2.24) is 14.7 Å². The van der Waals surface area contributed by atoms with Gasteiger partial charge in [0.25, 0.3) is 0 Å². The molecular weight excluding hydrogens is 198 g/mol. The highest BCUT2D eigenvalue weighted by molar-refractivity contribution is 4.84. The van der Waals surface area contributed by atoms with Gasteiger partial charge in [-0.2, -0.15) is 0 Å². The largest absolute Gasteiger partial charge is 0.309 e. The zero-order valence-corrected chi connectivity index (χ0v) is 11.0. The van der Waals surface area contributed by atoms with E-state index < -0.39 is 0 Å². The Morgan fingerprint density at radius 3 is 2.75 bits per heavy atom. The summed E-state index contributed by atoms with van der Waals surface area (Å²) < 4.78 is 0. The first-order valence-corrected chi connectivity index (χ1v) is 6.87. The molecule has 2 fully saturated rings. The van der Waals surface area contributed by atoms with Crippen molar-refractivity contribution >= 4 is 0 Å². The molecule has 0 amide bonds. The second-order valence-corrected chi connectivity index (χ2v) is 5.64. The van der Waals surface area contributed by atoms with E-state index in [1.807, 2.05) is 0 Å². The van der Waals surface area contributed by atoms with Gasteiger partial charge in [0.15, 0.2) is 0 Å². The number of fused-ring (bicyclic) bond motifs is 1. The van der Waals surface area contributed by atoms with E-state index >= 15 is 0 Å². The zero-order valence-electron chi connectivity index (χ0n) is 11.0. The summed E-state index contributed by atoms with van der Waals surface area (Å²) in [4.78, 5) is 7.70. The molecule has 16 heavy (non-hydrogen) atoms. The van der Waals surface area contributed by atoms with Crippen LogP contribution in [0.4, 0.5) is 0 Å². The molecular formula is C13H27N3. The van der Waals surface area contributed by atoms with Crippen LogP contribution in [-0.2, 0) is 0 Å². The topological polar surface area (TPSA) is 9.72 Å². The van der Waals surface area contributed by atoms with E-state index in [1.165, 1.54) is 65.0 Å². The number of nitrogens with zero attached hydrogens (tertiary/aromatic N) is 3. The normalized spacial score (nSPS) is 28.3. The van der Waals surface area contributed by atoms with Crippen LogP contribution < -0.4 is 0 Å². The molecule has 2 aliphatic rings. The monoisotopic (exact) mass is 225 g/mol. The molecule has 0 radical (unpaired) electrons. The number of hydrogen-bond acceptors (Lipinski definition) is 3. The average molecular weight is 225 g/mol. The maximum atomic E-state index is 2.71. The first-order valence-electron chi connectivity index (χ1n) is 6.87. The van der Waals surface area contributed by atoms with Gasteiger partial charge >= 0.3 is 0 Å². The second kappa shape index (κ2) is 5.99. The molecule has 3 heteroatoms. The van der Waals surface area contributed by atoms with E-state index in [1.54, 1.807) is 0 Å². The van der Waals surface area contributed by atoms with Crippen LogP contribution in [0, 0.1) is 0 Å². The molecule has 0 saturated carbocycles. The molecule has 0 spiro atoms. The Kier molecular flexibility index (Phi) is 4.62. The summed E-state index contributed by atoms with van der Waals surface area (Å²) in [5.41, 5.74) is 0. The third-order valence-electron chi connectivity index (χ3n) is 3.97. The molecule has 1 atom stereocenters. The molecule has 94 valence electrons. The predicted molar refractivity (Wildman–Crippen MR) is 68.8 cm³/mol. The van der Waals surface area contributed by atoms with Gasteiger partial charge in [-0.05, 0) is 72.5 Å². The van der Waals surface area contributed by atoms with Crippen molar-refractivity contribution in [3.63, 3.8) is 0 Å². The molecule has 2 rings (SSSR count). The van der Waals surface area contributed by atoms with Gasteiger partial charge in [-0.3, -0.25) is 4.90 Å². The van der Waals surface area contributed by atoms with Crippen molar-refractivity contribution in [2.24, 2.45) is 0 Å². The standard InChI is InChI=1S/C13H27N3/c1-14(2)7-4-8-15-9-5-11-16-10-3-6-13(16)12-15/h13H,3-12H2,1-2H3. The van der Waals surface area contributed by atoms with Crippen molar-refractivity contribution < 1.29 is 0 Å². The third kappa shape index (κ3) is 3.44. The fourth-order valence-electron chi connectivity index (χ4n) is 3.10. The van der Waals surface area contributed by atoms with E-state index in [2.05, 4.69) is 28.8 Å². The van der Waals surface area contributed by atoms with Crippen LogP contribution >= 0.6 is 0 Å². The summed E-state index contributed by atoms with van der Waals surface area (Å²) in [7, 11) is 4.34. The minimum atomic E-state index is 0.877. The molecule has 0 N–H and O–H groups in total. The first kappa shape index (κ1) is 12.3. The quantitative estimate of drug-likeness (QED) is 0.709. The van der Waals surface area contributed by atoms with E-state index in [4.69, 9.17) is 0 Å². The fourth-order valence-corrected chi connectivity index (χ4v) is 3.10. The molecule has 0 aromatic heterocycles. The summed E-state index contributed by atoms with van der Waals surface area (Å²) in [5.74, 6) is 0. The Bertz CT molecular complexity index is 205. The molecule has 0 aromatic rings. The molecule has 2 aliphatic heterocycles. The Hall–Kier alpha value is -0.120. The maximum absolute atomic E-state index is 2.71. The number of hydrogen-bond donors (Lipinski definition) is 0.